The van der Waals surface area contributed by atoms with Crippen molar-refractivity contribution in [3.05, 3.63) is 12.4 Å². The van der Waals surface area contributed by atoms with Crippen molar-refractivity contribution in [1.82, 2.24) is 15.0 Å². The molecule has 0 bridgehead atoms. The topological polar surface area (TPSA) is 83.0 Å². The average molecular weight is 184 g/mol. The Morgan fingerprint density at radius 3 is 2.85 bits per heavy atom. The summed E-state index contributed by atoms with van der Waals surface area (Å²) in [5.74, 6) is -0.456. The number of nitrogens with two attached hydrogens (primary N) is 1. The maximum atomic E-state index is 11.0. The lowest BCUT2D eigenvalue weighted by Gasteiger charge is -2.16. The molecule has 0 aliphatic carbocycles. The number of hydrogen-bond acceptors (Lipinski definition) is 5. The van der Waals surface area contributed by atoms with Gasteiger partial charge in [-0.1, -0.05) is 5.21 Å². The Labute approximate surface area is 75.7 Å². The van der Waals surface area contributed by atoms with Crippen LogP contribution in [0.15, 0.2) is 12.4 Å². The zero-order valence-corrected chi connectivity index (χ0v) is 7.54. The van der Waals surface area contributed by atoms with E-state index in [-0.39, 0.29) is 6.04 Å². The molecule has 2 atom stereocenters. The molecule has 0 aliphatic rings. The minimum atomic E-state index is -0.716. The molecule has 1 heterocycles. The van der Waals surface area contributed by atoms with Crippen LogP contribution in [0.4, 0.5) is 0 Å². The summed E-state index contributed by atoms with van der Waals surface area (Å²) in [5.41, 5.74) is 5.60. The van der Waals surface area contributed by atoms with E-state index in [1.165, 1.54) is 18.0 Å². The normalized spacial score (nSPS) is 15.0. The third kappa shape index (κ3) is 2.03. The Morgan fingerprint density at radius 2 is 2.38 bits per heavy atom. The molecule has 0 spiro atoms. The molecule has 0 saturated carbocycles. The minimum absolute atomic E-state index is 0.255. The molecule has 6 nitrogen and oxygen atoms in total. The molecule has 2 N–H and O–H groups in total. The zero-order valence-electron chi connectivity index (χ0n) is 7.54. The van der Waals surface area contributed by atoms with Gasteiger partial charge < -0.3 is 10.5 Å². The molecule has 0 aliphatic heterocycles. The second-order valence-corrected chi connectivity index (χ2v) is 2.67. The quantitative estimate of drug-likeness (QED) is 0.630. The molecule has 0 unspecified atom stereocenters. The fourth-order valence-corrected chi connectivity index (χ4v) is 0.932. The third-order valence-corrected chi connectivity index (χ3v) is 1.85. The van der Waals surface area contributed by atoms with Gasteiger partial charge in [0.15, 0.2) is 0 Å². The van der Waals surface area contributed by atoms with Crippen LogP contribution in [0, 0.1) is 0 Å². The van der Waals surface area contributed by atoms with Crippen molar-refractivity contribution in [3.63, 3.8) is 0 Å². The van der Waals surface area contributed by atoms with E-state index in [2.05, 4.69) is 15.0 Å². The van der Waals surface area contributed by atoms with Gasteiger partial charge in [-0.15, -0.1) is 5.10 Å². The highest BCUT2D eigenvalue weighted by molar-refractivity contribution is 5.75. The lowest BCUT2D eigenvalue weighted by molar-refractivity contribution is -0.143. The summed E-state index contributed by atoms with van der Waals surface area (Å²) in [4.78, 5) is 11.0. The van der Waals surface area contributed by atoms with E-state index in [0.29, 0.717) is 0 Å². The van der Waals surface area contributed by atoms with E-state index < -0.39 is 12.0 Å². The van der Waals surface area contributed by atoms with E-state index in [9.17, 15) is 4.79 Å². The summed E-state index contributed by atoms with van der Waals surface area (Å²) >= 11 is 0. The molecule has 1 aromatic rings. The SMILES string of the molecule is COC(=O)[C@H](N)[C@H](C)n1ccnn1. The van der Waals surface area contributed by atoms with Gasteiger partial charge in [-0.2, -0.15) is 0 Å². The molecule has 72 valence electrons. The van der Waals surface area contributed by atoms with Crippen LogP contribution < -0.4 is 5.73 Å². The summed E-state index contributed by atoms with van der Waals surface area (Å²) in [7, 11) is 1.30. The fourth-order valence-electron chi connectivity index (χ4n) is 0.932. The molecule has 0 aromatic carbocycles. The number of aromatic nitrogens is 3. The molecule has 1 rings (SSSR count). The highest BCUT2D eigenvalue weighted by Crippen LogP contribution is 2.07. The van der Waals surface area contributed by atoms with Crippen molar-refractivity contribution >= 4 is 5.97 Å². The Hall–Kier alpha value is -1.43. The van der Waals surface area contributed by atoms with Gasteiger partial charge in [0.05, 0.1) is 19.3 Å². The molecule has 0 radical (unpaired) electrons. The fraction of sp³-hybridized carbons (Fsp3) is 0.571. The molecule has 0 fully saturated rings. The number of esters is 1. The van der Waals surface area contributed by atoms with Crippen molar-refractivity contribution in [3.8, 4) is 0 Å². The standard InChI is InChI=1S/C7H12N4O2/c1-5(6(8)7(12)13-2)11-4-3-9-10-11/h3-6H,8H2,1-2H3/t5-,6+/m0/s1. The highest BCUT2D eigenvalue weighted by atomic mass is 16.5. The maximum Gasteiger partial charge on any atom is 0.324 e. The third-order valence-electron chi connectivity index (χ3n) is 1.85. The van der Waals surface area contributed by atoms with Crippen molar-refractivity contribution < 1.29 is 9.53 Å². The highest BCUT2D eigenvalue weighted by Gasteiger charge is 2.23. The van der Waals surface area contributed by atoms with E-state index in [4.69, 9.17) is 5.73 Å². The number of carbonyl (C=O) groups is 1. The average Bonchev–Trinajstić information content (AvgIpc) is 2.67. The molecule has 13 heavy (non-hydrogen) atoms. The number of carbonyl (C=O) groups excluding carboxylic acids is 1. The monoisotopic (exact) mass is 184 g/mol. The van der Waals surface area contributed by atoms with Crippen LogP contribution in [-0.4, -0.2) is 34.1 Å². The van der Waals surface area contributed by atoms with Gasteiger partial charge in [0, 0.05) is 6.20 Å². The van der Waals surface area contributed by atoms with Crippen molar-refractivity contribution in [2.24, 2.45) is 5.73 Å². The van der Waals surface area contributed by atoms with Gasteiger partial charge >= 0.3 is 5.97 Å². The predicted molar refractivity (Wildman–Crippen MR) is 44.7 cm³/mol. The van der Waals surface area contributed by atoms with E-state index in [1.807, 2.05) is 0 Å². The van der Waals surface area contributed by atoms with Gasteiger partial charge in [0.1, 0.15) is 6.04 Å². The summed E-state index contributed by atoms with van der Waals surface area (Å²) in [6, 6.07) is -0.971. The smallest absolute Gasteiger partial charge is 0.324 e. The second kappa shape index (κ2) is 3.99. The number of rotatable bonds is 3. The first-order valence-electron chi connectivity index (χ1n) is 3.86. The van der Waals surface area contributed by atoms with Crippen molar-refractivity contribution in [2.75, 3.05) is 7.11 Å². The Balaban J connectivity index is 2.68. The molecule has 6 heteroatoms. The zero-order chi connectivity index (χ0) is 9.84. The predicted octanol–water partition coefficient (Wildman–Crippen LogP) is -0.661. The van der Waals surface area contributed by atoms with Crippen LogP contribution in [0.2, 0.25) is 0 Å². The number of hydrogen-bond donors (Lipinski definition) is 1. The summed E-state index contributed by atoms with van der Waals surface area (Å²) in [5, 5.41) is 7.35. The lowest BCUT2D eigenvalue weighted by atomic mass is 10.1. The molecular formula is C7H12N4O2. The van der Waals surface area contributed by atoms with Crippen LogP contribution in [0.3, 0.4) is 0 Å². The Kier molecular flexibility index (Phi) is 2.97. The van der Waals surface area contributed by atoms with Crippen LogP contribution in [-0.2, 0) is 9.53 Å². The van der Waals surface area contributed by atoms with Gasteiger partial charge in [-0.3, -0.25) is 4.79 Å². The van der Waals surface area contributed by atoms with E-state index in [0.717, 1.165) is 0 Å². The van der Waals surface area contributed by atoms with Crippen LogP contribution in [0.1, 0.15) is 13.0 Å². The first kappa shape index (κ1) is 9.66. The number of methoxy groups -OCH3 is 1. The van der Waals surface area contributed by atoms with E-state index >= 15 is 0 Å². The Bertz CT molecular complexity index is 272. The maximum absolute atomic E-state index is 11.0. The van der Waals surface area contributed by atoms with Crippen LogP contribution in [0.25, 0.3) is 0 Å². The Morgan fingerprint density at radius 1 is 1.69 bits per heavy atom. The molecule has 1 aromatic heterocycles. The molecule has 0 saturated heterocycles. The summed E-state index contributed by atoms with van der Waals surface area (Å²) in [6.07, 6.45) is 3.17. The van der Waals surface area contributed by atoms with Gasteiger partial charge in [-0.25, -0.2) is 4.68 Å². The number of ether oxygens (including phenoxy) is 1. The first-order chi connectivity index (χ1) is 6.16. The van der Waals surface area contributed by atoms with Gasteiger partial charge in [0.25, 0.3) is 0 Å². The second-order valence-electron chi connectivity index (χ2n) is 2.67. The van der Waals surface area contributed by atoms with Crippen LogP contribution >= 0.6 is 0 Å². The minimum Gasteiger partial charge on any atom is -0.468 e. The first-order valence-corrected chi connectivity index (χ1v) is 3.86. The lowest BCUT2D eigenvalue weighted by Crippen LogP contribution is -2.39. The van der Waals surface area contributed by atoms with Crippen LogP contribution in [0.5, 0.6) is 0 Å². The molecule has 0 amide bonds. The van der Waals surface area contributed by atoms with Crippen molar-refractivity contribution in [1.29, 1.82) is 0 Å². The largest absolute Gasteiger partial charge is 0.468 e. The van der Waals surface area contributed by atoms with E-state index in [1.54, 1.807) is 13.1 Å². The van der Waals surface area contributed by atoms with Crippen molar-refractivity contribution in [2.45, 2.75) is 19.0 Å². The summed E-state index contributed by atoms with van der Waals surface area (Å²) in [6.45, 7) is 1.77. The molecular weight excluding hydrogens is 172 g/mol. The number of nitrogens with zero attached hydrogens (tertiary/aromatic N) is 3. The van der Waals surface area contributed by atoms with Gasteiger partial charge in [0.2, 0.25) is 0 Å². The summed E-state index contributed by atoms with van der Waals surface area (Å²) < 4.78 is 6.02. The van der Waals surface area contributed by atoms with Gasteiger partial charge in [-0.05, 0) is 6.92 Å².